The van der Waals surface area contributed by atoms with Gasteiger partial charge in [-0.3, -0.25) is 14.2 Å². The Balaban J connectivity index is 2.68. The third-order valence-corrected chi connectivity index (χ3v) is 3.40. The quantitative estimate of drug-likeness (QED) is 0.816. The van der Waals surface area contributed by atoms with Crippen LogP contribution in [0, 0.1) is 0 Å². The molecule has 0 saturated heterocycles. The third kappa shape index (κ3) is 3.15. The van der Waals surface area contributed by atoms with Gasteiger partial charge in [0.1, 0.15) is 6.54 Å². The Morgan fingerprint density at radius 1 is 1.24 bits per heavy atom. The molecule has 1 aromatic carbocycles. The van der Waals surface area contributed by atoms with Gasteiger partial charge < -0.3 is 4.74 Å². The fourth-order valence-corrected chi connectivity index (χ4v) is 2.36. The lowest BCUT2D eigenvalue weighted by Gasteiger charge is -2.21. The molecule has 0 aliphatic rings. The van der Waals surface area contributed by atoms with E-state index in [0.29, 0.717) is 12.2 Å². The lowest BCUT2D eigenvalue weighted by Crippen LogP contribution is -2.32. The minimum atomic E-state index is -0.393. The van der Waals surface area contributed by atoms with Crippen molar-refractivity contribution in [2.75, 3.05) is 6.61 Å². The van der Waals surface area contributed by atoms with E-state index in [2.05, 4.69) is 0 Å². The largest absolute Gasteiger partial charge is 0.465 e. The second-order valence-corrected chi connectivity index (χ2v) is 6.06. The van der Waals surface area contributed by atoms with Gasteiger partial charge in [-0.2, -0.15) is 0 Å². The van der Waals surface area contributed by atoms with Crippen LogP contribution in [0.5, 0.6) is 0 Å². The number of para-hydroxylation sites is 1. The Morgan fingerprint density at radius 2 is 1.90 bits per heavy atom. The number of carbonyl (C=O) groups excluding carboxylic acids is 1. The summed E-state index contributed by atoms with van der Waals surface area (Å²) < 4.78 is 6.48. The summed E-state index contributed by atoms with van der Waals surface area (Å²) in [6.07, 6.45) is 0. The van der Waals surface area contributed by atoms with E-state index in [-0.39, 0.29) is 17.5 Å². The number of aromatic nitrogens is 1. The number of hydrogen-bond acceptors (Lipinski definition) is 3. The first-order valence-electron chi connectivity index (χ1n) is 7.13. The number of esters is 1. The number of ether oxygens (including phenoxy) is 1. The Morgan fingerprint density at radius 3 is 2.52 bits per heavy atom. The van der Waals surface area contributed by atoms with Crippen LogP contribution in [0.2, 0.25) is 0 Å². The monoisotopic (exact) mass is 287 g/mol. The first-order chi connectivity index (χ1) is 9.84. The van der Waals surface area contributed by atoms with Crippen molar-refractivity contribution in [1.29, 1.82) is 0 Å². The molecule has 2 aromatic rings. The lowest BCUT2D eigenvalue weighted by molar-refractivity contribution is -0.143. The molecule has 21 heavy (non-hydrogen) atoms. The van der Waals surface area contributed by atoms with E-state index < -0.39 is 5.97 Å². The van der Waals surface area contributed by atoms with Crippen molar-refractivity contribution in [2.24, 2.45) is 0 Å². The summed E-state index contributed by atoms with van der Waals surface area (Å²) in [5.74, 6) is -0.393. The Bertz CT molecular complexity index is 723. The van der Waals surface area contributed by atoms with Crippen LogP contribution in [-0.4, -0.2) is 17.1 Å². The number of carbonyl (C=O) groups is 1. The predicted molar refractivity (Wildman–Crippen MR) is 83.5 cm³/mol. The Hall–Kier alpha value is -2.10. The average Bonchev–Trinajstić information content (AvgIpc) is 2.40. The number of hydrogen-bond donors (Lipinski definition) is 0. The van der Waals surface area contributed by atoms with Crippen LogP contribution in [0.25, 0.3) is 10.9 Å². The van der Waals surface area contributed by atoms with Crippen LogP contribution in [0.15, 0.2) is 35.1 Å². The van der Waals surface area contributed by atoms with Crippen molar-refractivity contribution in [3.05, 3.63) is 46.2 Å². The summed E-state index contributed by atoms with van der Waals surface area (Å²) in [5.41, 5.74) is 1.04. The van der Waals surface area contributed by atoms with Crippen molar-refractivity contribution in [1.82, 2.24) is 4.57 Å². The highest BCUT2D eigenvalue weighted by Crippen LogP contribution is 2.23. The summed E-state index contributed by atoms with van der Waals surface area (Å²) in [7, 11) is 0. The van der Waals surface area contributed by atoms with Gasteiger partial charge in [-0.05, 0) is 29.9 Å². The Kier molecular flexibility index (Phi) is 4.16. The smallest absolute Gasteiger partial charge is 0.326 e. The van der Waals surface area contributed by atoms with Gasteiger partial charge >= 0.3 is 5.97 Å². The number of fused-ring (bicyclic) bond motifs is 1. The zero-order valence-electron chi connectivity index (χ0n) is 13.0. The third-order valence-electron chi connectivity index (χ3n) is 3.40. The summed E-state index contributed by atoms with van der Waals surface area (Å²) in [6, 6.07) is 9.50. The first-order valence-corrected chi connectivity index (χ1v) is 7.13. The molecule has 4 heteroatoms. The highest BCUT2D eigenvalue weighted by molar-refractivity contribution is 5.81. The molecular weight excluding hydrogens is 266 g/mol. The van der Waals surface area contributed by atoms with E-state index in [4.69, 9.17) is 4.74 Å². The van der Waals surface area contributed by atoms with E-state index in [1.807, 2.05) is 51.1 Å². The minimum Gasteiger partial charge on any atom is -0.465 e. The van der Waals surface area contributed by atoms with Gasteiger partial charge in [0, 0.05) is 5.56 Å². The molecule has 0 saturated carbocycles. The number of rotatable bonds is 3. The SMILES string of the molecule is CCOC(=O)Cn1c(=O)c(C(C)(C)C)cc2ccccc21. The molecule has 0 aliphatic carbocycles. The molecule has 112 valence electrons. The normalized spacial score (nSPS) is 11.6. The summed E-state index contributed by atoms with van der Waals surface area (Å²) in [6.45, 7) is 7.99. The maximum absolute atomic E-state index is 12.7. The van der Waals surface area contributed by atoms with Crippen molar-refractivity contribution in [2.45, 2.75) is 39.7 Å². The van der Waals surface area contributed by atoms with Crippen LogP contribution in [0.1, 0.15) is 33.3 Å². The van der Waals surface area contributed by atoms with Gasteiger partial charge in [-0.1, -0.05) is 39.0 Å². The van der Waals surface area contributed by atoms with Gasteiger partial charge in [0.25, 0.3) is 5.56 Å². The summed E-state index contributed by atoms with van der Waals surface area (Å²) in [5, 5.41) is 0.950. The molecule has 0 atom stereocenters. The van der Waals surface area contributed by atoms with E-state index >= 15 is 0 Å². The Labute approximate surface area is 124 Å². The van der Waals surface area contributed by atoms with E-state index in [9.17, 15) is 9.59 Å². The zero-order valence-corrected chi connectivity index (χ0v) is 13.0. The van der Waals surface area contributed by atoms with Crippen LogP contribution >= 0.6 is 0 Å². The molecule has 1 aromatic heterocycles. The van der Waals surface area contributed by atoms with Crippen LogP contribution in [0.4, 0.5) is 0 Å². The molecule has 0 unspecified atom stereocenters. The molecule has 4 nitrogen and oxygen atoms in total. The van der Waals surface area contributed by atoms with Gasteiger partial charge in [0.2, 0.25) is 0 Å². The van der Waals surface area contributed by atoms with E-state index in [0.717, 1.165) is 10.9 Å². The molecular formula is C17H21NO3. The highest BCUT2D eigenvalue weighted by Gasteiger charge is 2.21. The topological polar surface area (TPSA) is 48.3 Å². The van der Waals surface area contributed by atoms with Crippen molar-refractivity contribution >= 4 is 16.9 Å². The summed E-state index contributed by atoms with van der Waals surface area (Å²) >= 11 is 0. The van der Waals surface area contributed by atoms with E-state index in [1.165, 1.54) is 4.57 Å². The van der Waals surface area contributed by atoms with E-state index in [1.54, 1.807) is 6.92 Å². The van der Waals surface area contributed by atoms with Gasteiger partial charge in [0.15, 0.2) is 0 Å². The van der Waals surface area contributed by atoms with Gasteiger partial charge in [-0.25, -0.2) is 0 Å². The minimum absolute atomic E-state index is 0.0584. The number of benzene rings is 1. The molecule has 0 aliphatic heterocycles. The molecule has 0 amide bonds. The highest BCUT2D eigenvalue weighted by atomic mass is 16.5. The van der Waals surface area contributed by atoms with Crippen LogP contribution in [0.3, 0.4) is 0 Å². The standard InChI is InChI=1S/C17H21NO3/c1-5-21-15(19)11-18-14-9-7-6-8-12(14)10-13(16(18)20)17(2,3)4/h6-10H,5,11H2,1-4H3. The molecule has 0 spiro atoms. The maximum Gasteiger partial charge on any atom is 0.326 e. The first kappa shape index (κ1) is 15.3. The molecule has 0 N–H and O–H groups in total. The second kappa shape index (κ2) is 5.72. The van der Waals surface area contributed by atoms with Crippen LogP contribution in [-0.2, 0) is 21.5 Å². The van der Waals surface area contributed by atoms with Crippen molar-refractivity contribution in [3.8, 4) is 0 Å². The fraction of sp³-hybridized carbons (Fsp3) is 0.412. The van der Waals surface area contributed by atoms with Gasteiger partial charge in [-0.15, -0.1) is 0 Å². The average molecular weight is 287 g/mol. The molecule has 0 bridgehead atoms. The molecule has 0 fully saturated rings. The number of pyridine rings is 1. The molecule has 0 radical (unpaired) electrons. The second-order valence-electron chi connectivity index (χ2n) is 6.06. The summed E-state index contributed by atoms with van der Waals surface area (Å²) in [4.78, 5) is 24.5. The predicted octanol–water partition coefficient (Wildman–Crippen LogP) is 2.86. The lowest BCUT2D eigenvalue weighted by atomic mass is 9.87. The molecule has 1 heterocycles. The number of nitrogens with zero attached hydrogens (tertiary/aromatic N) is 1. The molecule has 2 rings (SSSR count). The van der Waals surface area contributed by atoms with Crippen LogP contribution < -0.4 is 5.56 Å². The fourth-order valence-electron chi connectivity index (χ4n) is 2.36. The zero-order chi connectivity index (χ0) is 15.6. The van der Waals surface area contributed by atoms with Gasteiger partial charge in [0.05, 0.1) is 12.1 Å². The maximum atomic E-state index is 12.7. The van der Waals surface area contributed by atoms with Crippen molar-refractivity contribution in [3.63, 3.8) is 0 Å². The van der Waals surface area contributed by atoms with Crippen molar-refractivity contribution < 1.29 is 9.53 Å².